The van der Waals surface area contributed by atoms with Crippen LogP contribution in [-0.2, 0) is 0 Å². The number of amides is 1. The Morgan fingerprint density at radius 1 is 1.30 bits per heavy atom. The highest BCUT2D eigenvalue weighted by atomic mass is 35.5. The molecular formula is C16H21ClFN3OS. The maximum Gasteiger partial charge on any atom is 0.261 e. The molecule has 23 heavy (non-hydrogen) atoms. The summed E-state index contributed by atoms with van der Waals surface area (Å²) in [6.07, 6.45) is 0.950. The highest BCUT2D eigenvalue weighted by Gasteiger charge is 2.11. The van der Waals surface area contributed by atoms with Gasteiger partial charge in [-0.1, -0.05) is 0 Å². The zero-order valence-corrected chi connectivity index (χ0v) is 14.4. The number of halogens is 2. The minimum absolute atomic E-state index is 0. The lowest BCUT2D eigenvalue weighted by Gasteiger charge is -2.27. The average Bonchev–Trinajstić information content (AvgIpc) is 2.95. The van der Waals surface area contributed by atoms with Crippen molar-refractivity contribution in [1.82, 2.24) is 15.5 Å². The number of piperazine rings is 1. The first-order chi connectivity index (χ1) is 10.7. The van der Waals surface area contributed by atoms with Gasteiger partial charge in [-0.15, -0.1) is 23.7 Å². The Hall–Kier alpha value is -1.21. The Balaban J connectivity index is 0.00000192. The fourth-order valence-electron chi connectivity index (χ4n) is 2.65. The third kappa shape index (κ3) is 4.88. The summed E-state index contributed by atoms with van der Waals surface area (Å²) in [5, 5.41) is 7.06. The van der Waals surface area contributed by atoms with Crippen molar-refractivity contribution in [3.8, 4) is 0 Å². The molecule has 1 aliphatic rings. The van der Waals surface area contributed by atoms with E-state index in [0.717, 1.165) is 49.2 Å². The molecule has 0 radical (unpaired) electrons. The van der Waals surface area contributed by atoms with Gasteiger partial charge < -0.3 is 15.5 Å². The van der Waals surface area contributed by atoms with Crippen molar-refractivity contribution in [2.24, 2.45) is 0 Å². The second-order valence-corrected chi connectivity index (χ2v) is 6.58. The van der Waals surface area contributed by atoms with Crippen molar-refractivity contribution in [3.63, 3.8) is 0 Å². The van der Waals surface area contributed by atoms with Gasteiger partial charge in [-0.3, -0.25) is 4.79 Å². The maximum absolute atomic E-state index is 13.2. The van der Waals surface area contributed by atoms with Gasteiger partial charge in [0.1, 0.15) is 5.82 Å². The summed E-state index contributed by atoms with van der Waals surface area (Å²) < 4.78 is 14.1. The highest BCUT2D eigenvalue weighted by Crippen LogP contribution is 2.26. The molecule has 7 heteroatoms. The van der Waals surface area contributed by atoms with Crippen LogP contribution >= 0.6 is 23.7 Å². The molecule has 2 heterocycles. The summed E-state index contributed by atoms with van der Waals surface area (Å²) in [4.78, 5) is 15.2. The molecule has 0 unspecified atom stereocenters. The van der Waals surface area contributed by atoms with Crippen LogP contribution in [0.2, 0.25) is 0 Å². The van der Waals surface area contributed by atoms with Gasteiger partial charge in [0, 0.05) is 37.4 Å². The Bertz CT molecular complexity index is 658. The Morgan fingerprint density at radius 2 is 2.09 bits per heavy atom. The van der Waals surface area contributed by atoms with E-state index in [2.05, 4.69) is 15.5 Å². The van der Waals surface area contributed by atoms with E-state index in [9.17, 15) is 9.18 Å². The second kappa shape index (κ2) is 8.59. The van der Waals surface area contributed by atoms with Gasteiger partial charge in [-0.05, 0) is 42.6 Å². The van der Waals surface area contributed by atoms with Gasteiger partial charge >= 0.3 is 0 Å². The number of benzene rings is 1. The fraction of sp³-hybridized carbons (Fsp3) is 0.438. The number of nitrogens with zero attached hydrogens (tertiary/aromatic N) is 1. The molecule has 4 nitrogen and oxygen atoms in total. The molecule has 1 saturated heterocycles. The van der Waals surface area contributed by atoms with E-state index in [-0.39, 0.29) is 24.1 Å². The maximum atomic E-state index is 13.2. The van der Waals surface area contributed by atoms with E-state index >= 15 is 0 Å². The van der Waals surface area contributed by atoms with E-state index in [1.807, 2.05) is 0 Å². The van der Waals surface area contributed by atoms with Gasteiger partial charge in [-0.2, -0.15) is 0 Å². The summed E-state index contributed by atoms with van der Waals surface area (Å²) in [6.45, 7) is 5.94. The fourth-order valence-corrected chi connectivity index (χ4v) is 3.61. The van der Waals surface area contributed by atoms with E-state index in [1.54, 1.807) is 12.1 Å². The number of thiophene rings is 1. The first-order valence-electron chi connectivity index (χ1n) is 7.63. The molecule has 1 amide bonds. The third-order valence-corrected chi connectivity index (χ3v) is 4.96. The highest BCUT2D eigenvalue weighted by molar-refractivity contribution is 7.20. The number of nitrogens with one attached hydrogen (secondary N) is 2. The molecule has 126 valence electrons. The van der Waals surface area contributed by atoms with Crippen molar-refractivity contribution in [3.05, 3.63) is 35.0 Å². The zero-order valence-electron chi connectivity index (χ0n) is 12.8. The molecule has 2 aromatic rings. The lowest BCUT2D eigenvalue weighted by molar-refractivity contribution is 0.0955. The third-order valence-electron chi connectivity index (χ3n) is 3.85. The summed E-state index contributed by atoms with van der Waals surface area (Å²) in [6, 6.07) is 6.37. The molecule has 1 aromatic heterocycles. The van der Waals surface area contributed by atoms with Gasteiger partial charge in [0.05, 0.1) is 4.88 Å². The van der Waals surface area contributed by atoms with E-state index in [4.69, 9.17) is 0 Å². The first-order valence-corrected chi connectivity index (χ1v) is 8.44. The topological polar surface area (TPSA) is 44.4 Å². The predicted octanol–water partition coefficient (Wildman–Crippen LogP) is 2.49. The van der Waals surface area contributed by atoms with E-state index in [1.165, 1.54) is 23.5 Å². The van der Waals surface area contributed by atoms with Crippen LogP contribution in [0.15, 0.2) is 24.3 Å². The molecule has 0 aliphatic carbocycles. The number of rotatable bonds is 5. The quantitative estimate of drug-likeness (QED) is 0.808. The first kappa shape index (κ1) is 18.1. The smallest absolute Gasteiger partial charge is 0.261 e. The van der Waals surface area contributed by atoms with Crippen molar-refractivity contribution in [2.75, 3.05) is 39.3 Å². The standard InChI is InChI=1S/C16H20FN3OS.ClH/c17-13-2-3-14-12(10-13)11-15(22-14)16(21)19-4-1-7-20-8-5-18-6-9-20;/h2-3,10-11,18H,1,4-9H2,(H,19,21);1H. The molecular weight excluding hydrogens is 337 g/mol. The number of hydrogen-bond donors (Lipinski definition) is 2. The van der Waals surface area contributed by atoms with Crippen LogP contribution in [0.5, 0.6) is 0 Å². The minimum Gasteiger partial charge on any atom is -0.351 e. The van der Waals surface area contributed by atoms with Gasteiger partial charge in [0.15, 0.2) is 0 Å². The van der Waals surface area contributed by atoms with Crippen LogP contribution in [0.3, 0.4) is 0 Å². The second-order valence-electron chi connectivity index (χ2n) is 5.49. The summed E-state index contributed by atoms with van der Waals surface area (Å²) >= 11 is 1.40. The van der Waals surface area contributed by atoms with Crippen molar-refractivity contribution >= 4 is 39.7 Å². The number of carbonyl (C=O) groups is 1. The summed E-state index contributed by atoms with van der Waals surface area (Å²) in [5.74, 6) is -0.338. The Kier molecular flexibility index (Phi) is 6.77. The number of hydrogen-bond acceptors (Lipinski definition) is 4. The Morgan fingerprint density at radius 3 is 2.87 bits per heavy atom. The zero-order chi connectivity index (χ0) is 15.4. The van der Waals surface area contributed by atoms with Gasteiger partial charge in [0.2, 0.25) is 0 Å². The SMILES string of the molecule is Cl.O=C(NCCCN1CCNCC1)c1cc2cc(F)ccc2s1. The normalized spacial score (nSPS) is 15.3. The van der Waals surface area contributed by atoms with Crippen LogP contribution < -0.4 is 10.6 Å². The monoisotopic (exact) mass is 357 g/mol. The molecule has 3 rings (SSSR count). The van der Waals surface area contributed by atoms with E-state index < -0.39 is 0 Å². The Labute approximate surface area is 145 Å². The van der Waals surface area contributed by atoms with Crippen LogP contribution in [0, 0.1) is 5.82 Å². The van der Waals surface area contributed by atoms with Gasteiger partial charge in [-0.25, -0.2) is 4.39 Å². The van der Waals surface area contributed by atoms with Crippen LogP contribution in [0.1, 0.15) is 16.1 Å². The molecule has 0 spiro atoms. The molecule has 0 atom stereocenters. The molecule has 0 bridgehead atoms. The van der Waals surface area contributed by atoms with Crippen molar-refractivity contribution in [1.29, 1.82) is 0 Å². The molecule has 2 N–H and O–H groups in total. The largest absolute Gasteiger partial charge is 0.351 e. The molecule has 1 aromatic carbocycles. The number of fused-ring (bicyclic) bond motifs is 1. The summed E-state index contributed by atoms with van der Waals surface area (Å²) in [7, 11) is 0. The van der Waals surface area contributed by atoms with Crippen LogP contribution in [0.4, 0.5) is 4.39 Å². The average molecular weight is 358 g/mol. The minimum atomic E-state index is -0.270. The van der Waals surface area contributed by atoms with Crippen molar-refractivity contribution in [2.45, 2.75) is 6.42 Å². The molecule has 0 saturated carbocycles. The number of carbonyl (C=O) groups excluding carboxylic acids is 1. The lowest BCUT2D eigenvalue weighted by atomic mass is 10.2. The predicted molar refractivity (Wildman–Crippen MR) is 95.3 cm³/mol. The van der Waals surface area contributed by atoms with Crippen LogP contribution in [0.25, 0.3) is 10.1 Å². The van der Waals surface area contributed by atoms with Crippen molar-refractivity contribution < 1.29 is 9.18 Å². The molecule has 1 fully saturated rings. The summed E-state index contributed by atoms with van der Waals surface area (Å²) in [5.41, 5.74) is 0. The molecule has 1 aliphatic heterocycles. The lowest BCUT2D eigenvalue weighted by Crippen LogP contribution is -2.44. The van der Waals surface area contributed by atoms with Crippen LogP contribution in [-0.4, -0.2) is 50.1 Å². The van der Waals surface area contributed by atoms with Gasteiger partial charge in [0.25, 0.3) is 5.91 Å². The van der Waals surface area contributed by atoms with E-state index in [0.29, 0.717) is 11.4 Å².